The number of fused-ring (bicyclic) bond motifs is 1. The third-order valence-corrected chi connectivity index (χ3v) is 6.09. The Hall–Kier alpha value is -3.03. The molecule has 3 unspecified atom stereocenters. The predicted molar refractivity (Wildman–Crippen MR) is 121 cm³/mol. The van der Waals surface area contributed by atoms with E-state index >= 15 is 0 Å². The second-order valence-electron chi connectivity index (χ2n) is 7.98. The Kier molecular flexibility index (Phi) is 6.44. The normalized spacial score (nSPS) is 20.7. The molecule has 3 aromatic rings. The van der Waals surface area contributed by atoms with Crippen molar-refractivity contribution in [2.45, 2.75) is 32.0 Å². The fraction of sp³-hybridized carbons (Fsp3) is 0.375. The first-order chi connectivity index (χ1) is 15.1. The average Bonchev–Trinajstić information content (AvgIpc) is 3.37. The number of nitrogens with zero attached hydrogens (tertiary/aromatic N) is 1. The van der Waals surface area contributed by atoms with Crippen molar-refractivity contribution in [3.05, 3.63) is 60.3 Å². The Bertz CT molecular complexity index is 1030. The predicted octanol–water partition coefficient (Wildman–Crippen LogP) is 3.02. The van der Waals surface area contributed by atoms with E-state index in [-0.39, 0.29) is 23.9 Å². The Morgan fingerprint density at radius 1 is 1.03 bits per heavy atom. The number of hydrogen-bond acceptors (Lipinski definition) is 5. The molecule has 1 amide bonds. The molecule has 7 nitrogen and oxygen atoms in total. The lowest BCUT2D eigenvalue weighted by Gasteiger charge is -2.21. The number of carbonyl (C=O) groups is 1. The van der Waals surface area contributed by atoms with Gasteiger partial charge < -0.3 is 19.4 Å². The smallest absolute Gasteiger partial charge is 0.220 e. The number of ether oxygens (including phenoxy) is 2. The van der Waals surface area contributed by atoms with Gasteiger partial charge in [-0.25, -0.2) is 5.43 Å². The Labute approximate surface area is 182 Å². The fourth-order valence-corrected chi connectivity index (χ4v) is 4.26. The van der Waals surface area contributed by atoms with Gasteiger partial charge in [-0.05, 0) is 48.9 Å². The number of methoxy groups -OCH3 is 2. The lowest BCUT2D eigenvalue weighted by molar-refractivity contribution is -0.122. The first kappa shape index (κ1) is 21.2. The van der Waals surface area contributed by atoms with Crippen LogP contribution in [0.2, 0.25) is 0 Å². The standard InChI is InChI=1S/C24H30N4O3/c1-16-21(24(27-26-16)17-4-6-19(30-2)7-5-17)15-23(29)25-11-13-28-12-10-18-14-20(31-3)8-9-22(18)28/h4-10,12,14,16,21,24,26-27H,11,13,15H2,1-3H3,(H,25,29). The van der Waals surface area contributed by atoms with Gasteiger partial charge >= 0.3 is 0 Å². The molecule has 1 saturated heterocycles. The highest BCUT2D eigenvalue weighted by Crippen LogP contribution is 2.32. The molecular weight excluding hydrogens is 392 g/mol. The SMILES string of the molecule is COc1ccc(C2NNC(C)C2CC(=O)NCCn2ccc3cc(OC)ccc32)cc1. The van der Waals surface area contributed by atoms with E-state index in [1.54, 1.807) is 14.2 Å². The molecular formula is C24H30N4O3. The molecule has 164 valence electrons. The maximum absolute atomic E-state index is 12.7. The number of rotatable bonds is 8. The molecule has 1 aliphatic heterocycles. The van der Waals surface area contributed by atoms with Gasteiger partial charge in [0.2, 0.25) is 5.91 Å². The van der Waals surface area contributed by atoms with Crippen molar-refractivity contribution >= 4 is 16.8 Å². The number of hydrogen-bond donors (Lipinski definition) is 3. The number of benzene rings is 2. The molecule has 2 heterocycles. The monoisotopic (exact) mass is 422 g/mol. The number of amides is 1. The molecule has 3 N–H and O–H groups in total. The average molecular weight is 423 g/mol. The van der Waals surface area contributed by atoms with E-state index in [4.69, 9.17) is 9.47 Å². The highest BCUT2D eigenvalue weighted by molar-refractivity contribution is 5.81. The highest BCUT2D eigenvalue weighted by Gasteiger charge is 2.35. The van der Waals surface area contributed by atoms with Gasteiger partial charge in [-0.1, -0.05) is 12.1 Å². The van der Waals surface area contributed by atoms with Crippen LogP contribution >= 0.6 is 0 Å². The first-order valence-corrected chi connectivity index (χ1v) is 10.6. The van der Waals surface area contributed by atoms with E-state index in [1.165, 1.54) is 0 Å². The number of hydrazine groups is 1. The van der Waals surface area contributed by atoms with Crippen LogP contribution in [-0.2, 0) is 11.3 Å². The Balaban J connectivity index is 1.33. The minimum atomic E-state index is 0.0685. The minimum Gasteiger partial charge on any atom is -0.497 e. The molecule has 0 bridgehead atoms. The third-order valence-electron chi connectivity index (χ3n) is 6.09. The summed E-state index contributed by atoms with van der Waals surface area (Å²) in [5.74, 6) is 1.90. The van der Waals surface area contributed by atoms with Crippen LogP contribution in [0.5, 0.6) is 11.5 Å². The maximum Gasteiger partial charge on any atom is 0.220 e. The van der Waals surface area contributed by atoms with Crippen molar-refractivity contribution in [3.8, 4) is 11.5 Å². The Morgan fingerprint density at radius 2 is 1.77 bits per heavy atom. The van der Waals surface area contributed by atoms with Crippen LogP contribution in [0, 0.1) is 5.92 Å². The summed E-state index contributed by atoms with van der Waals surface area (Å²) in [6, 6.07) is 16.4. The molecule has 31 heavy (non-hydrogen) atoms. The van der Waals surface area contributed by atoms with E-state index < -0.39 is 0 Å². The summed E-state index contributed by atoms with van der Waals surface area (Å²) in [5, 5.41) is 4.22. The van der Waals surface area contributed by atoms with Crippen LogP contribution in [0.1, 0.15) is 24.9 Å². The highest BCUT2D eigenvalue weighted by atomic mass is 16.5. The first-order valence-electron chi connectivity index (χ1n) is 10.6. The molecule has 2 aromatic carbocycles. The van der Waals surface area contributed by atoms with Crippen LogP contribution in [0.25, 0.3) is 10.9 Å². The van der Waals surface area contributed by atoms with E-state index in [2.05, 4.69) is 33.7 Å². The molecule has 0 saturated carbocycles. The van der Waals surface area contributed by atoms with Gasteiger partial charge in [0.05, 0.1) is 20.3 Å². The fourth-order valence-electron chi connectivity index (χ4n) is 4.26. The van der Waals surface area contributed by atoms with Gasteiger partial charge in [0.25, 0.3) is 0 Å². The van der Waals surface area contributed by atoms with Gasteiger partial charge in [-0.15, -0.1) is 0 Å². The molecule has 7 heteroatoms. The molecule has 4 rings (SSSR count). The molecule has 0 aliphatic carbocycles. The summed E-state index contributed by atoms with van der Waals surface area (Å²) in [4.78, 5) is 12.7. The number of aromatic nitrogens is 1. The van der Waals surface area contributed by atoms with Crippen molar-refractivity contribution in [2.75, 3.05) is 20.8 Å². The van der Waals surface area contributed by atoms with E-state index in [0.29, 0.717) is 13.0 Å². The van der Waals surface area contributed by atoms with Crippen LogP contribution in [0.3, 0.4) is 0 Å². The molecule has 1 aromatic heterocycles. The van der Waals surface area contributed by atoms with Gasteiger partial charge in [0.15, 0.2) is 0 Å². The van der Waals surface area contributed by atoms with Crippen LogP contribution in [0.4, 0.5) is 0 Å². The second kappa shape index (κ2) is 9.41. The number of carbonyl (C=O) groups excluding carboxylic acids is 1. The Morgan fingerprint density at radius 3 is 2.52 bits per heavy atom. The topological polar surface area (TPSA) is 76.5 Å². The van der Waals surface area contributed by atoms with Crippen molar-refractivity contribution < 1.29 is 14.3 Å². The molecule has 0 radical (unpaired) electrons. The maximum atomic E-state index is 12.7. The second-order valence-corrected chi connectivity index (χ2v) is 7.98. The third kappa shape index (κ3) is 4.68. The van der Waals surface area contributed by atoms with Gasteiger partial charge in [-0.3, -0.25) is 10.2 Å². The van der Waals surface area contributed by atoms with Crippen LogP contribution in [0.15, 0.2) is 54.7 Å². The summed E-state index contributed by atoms with van der Waals surface area (Å²) in [6.45, 7) is 3.42. The minimum absolute atomic E-state index is 0.0685. The molecule has 3 atom stereocenters. The molecule has 1 fully saturated rings. The van der Waals surface area contributed by atoms with E-state index in [9.17, 15) is 4.79 Å². The van der Waals surface area contributed by atoms with Crippen molar-refractivity contribution in [3.63, 3.8) is 0 Å². The lowest BCUT2D eigenvalue weighted by atomic mass is 9.87. The quantitative estimate of drug-likeness (QED) is 0.520. The zero-order valence-corrected chi connectivity index (χ0v) is 18.2. The summed E-state index contributed by atoms with van der Waals surface area (Å²) in [5.41, 5.74) is 8.90. The number of nitrogens with one attached hydrogen (secondary N) is 3. The summed E-state index contributed by atoms with van der Waals surface area (Å²) < 4.78 is 12.7. The van der Waals surface area contributed by atoms with Crippen molar-refractivity contribution in [1.29, 1.82) is 0 Å². The van der Waals surface area contributed by atoms with Gasteiger partial charge in [0, 0.05) is 48.6 Å². The molecule has 0 spiro atoms. The van der Waals surface area contributed by atoms with E-state index in [1.807, 2.05) is 48.7 Å². The summed E-state index contributed by atoms with van der Waals surface area (Å²) in [6.07, 6.45) is 2.50. The van der Waals surface area contributed by atoms with Crippen molar-refractivity contribution in [1.82, 2.24) is 20.7 Å². The van der Waals surface area contributed by atoms with Gasteiger partial charge in [0.1, 0.15) is 11.5 Å². The lowest BCUT2D eigenvalue weighted by Crippen LogP contribution is -2.32. The van der Waals surface area contributed by atoms with Gasteiger partial charge in [-0.2, -0.15) is 0 Å². The van der Waals surface area contributed by atoms with Crippen LogP contribution < -0.4 is 25.6 Å². The van der Waals surface area contributed by atoms with E-state index in [0.717, 1.165) is 34.5 Å². The summed E-state index contributed by atoms with van der Waals surface area (Å²) in [7, 11) is 3.33. The van der Waals surface area contributed by atoms with Crippen molar-refractivity contribution in [2.24, 2.45) is 5.92 Å². The zero-order valence-electron chi connectivity index (χ0n) is 18.2. The van der Waals surface area contributed by atoms with Crippen LogP contribution in [-0.4, -0.2) is 37.3 Å². The largest absolute Gasteiger partial charge is 0.497 e. The zero-order chi connectivity index (χ0) is 21.8. The molecule has 1 aliphatic rings. The summed E-state index contributed by atoms with van der Waals surface area (Å²) >= 11 is 0.